The van der Waals surface area contributed by atoms with Crippen LogP contribution < -0.4 is 4.74 Å². The van der Waals surface area contributed by atoms with E-state index < -0.39 is 30.0 Å². The van der Waals surface area contributed by atoms with Gasteiger partial charge >= 0.3 is 6.11 Å². The van der Waals surface area contributed by atoms with Crippen molar-refractivity contribution in [3.05, 3.63) is 65.0 Å². The number of hydrogen-bond donors (Lipinski definition) is 0. The van der Waals surface area contributed by atoms with Gasteiger partial charge < -0.3 is 14.2 Å². The van der Waals surface area contributed by atoms with Crippen molar-refractivity contribution in [2.45, 2.75) is 76.6 Å². The molecule has 8 heteroatoms. The molecule has 2 aliphatic carbocycles. The molecular weight excluding hydrogens is 503 g/mol. The van der Waals surface area contributed by atoms with Gasteiger partial charge in [-0.2, -0.15) is 8.78 Å². The van der Waals surface area contributed by atoms with Crippen LogP contribution in [-0.4, -0.2) is 19.3 Å². The second-order valence-corrected chi connectivity index (χ2v) is 11.3. The Bertz CT molecular complexity index is 1090. The number of hydrogen-bond acceptors (Lipinski definition) is 3. The van der Waals surface area contributed by atoms with Gasteiger partial charge in [0, 0.05) is 17.5 Å². The Labute approximate surface area is 220 Å². The highest BCUT2D eigenvalue weighted by Crippen LogP contribution is 2.47. The summed E-state index contributed by atoms with van der Waals surface area (Å²) in [5.41, 5.74) is 1.43. The summed E-state index contributed by atoms with van der Waals surface area (Å²) in [7, 11) is 0. The first-order valence-corrected chi connectivity index (χ1v) is 13.7. The summed E-state index contributed by atoms with van der Waals surface area (Å²) in [6, 6.07) is 7.75. The summed E-state index contributed by atoms with van der Waals surface area (Å²) in [4.78, 5) is 0. The van der Waals surface area contributed by atoms with Crippen LogP contribution in [0.15, 0.2) is 36.4 Å². The van der Waals surface area contributed by atoms with E-state index in [0.717, 1.165) is 43.4 Å². The predicted molar refractivity (Wildman–Crippen MR) is 132 cm³/mol. The molecule has 208 valence electrons. The van der Waals surface area contributed by atoms with Gasteiger partial charge in [0.25, 0.3) is 0 Å². The van der Waals surface area contributed by atoms with Crippen LogP contribution in [0.4, 0.5) is 22.0 Å². The molecule has 0 amide bonds. The number of alkyl halides is 2. The van der Waals surface area contributed by atoms with Crippen molar-refractivity contribution in [1.82, 2.24) is 0 Å². The summed E-state index contributed by atoms with van der Waals surface area (Å²) in [5.74, 6) is -2.58. The average molecular weight is 539 g/mol. The lowest BCUT2D eigenvalue weighted by atomic mass is 9.68. The van der Waals surface area contributed by atoms with Gasteiger partial charge in [0.05, 0.1) is 19.1 Å². The van der Waals surface area contributed by atoms with Crippen LogP contribution in [0.5, 0.6) is 5.75 Å². The van der Waals surface area contributed by atoms with Crippen LogP contribution in [-0.2, 0) is 9.47 Å². The molecule has 0 spiro atoms. The minimum absolute atomic E-state index is 0.152. The highest BCUT2D eigenvalue weighted by atomic mass is 19.3. The first kappa shape index (κ1) is 27.4. The highest BCUT2D eigenvalue weighted by molar-refractivity contribution is 5.28. The molecule has 3 fully saturated rings. The third-order valence-electron chi connectivity index (χ3n) is 8.63. The monoisotopic (exact) mass is 538 g/mol. The standard InChI is InChI=1S/C30H35F5O3/c1-18-16-36-29(37-17-18)22-8-12-25(27(32)14-22)21-4-2-19(3-5-21)20-6-9-23(10-7-20)30(34,35)38-24-11-13-26(31)28(33)15-24/h8,11-15,18-21,23,29H,2-7,9-10,16-17H2,1H3. The summed E-state index contributed by atoms with van der Waals surface area (Å²) >= 11 is 0. The summed E-state index contributed by atoms with van der Waals surface area (Å²) in [5, 5.41) is 0. The number of rotatable bonds is 6. The summed E-state index contributed by atoms with van der Waals surface area (Å²) in [6.45, 7) is 3.24. The van der Waals surface area contributed by atoms with E-state index in [1.807, 2.05) is 19.1 Å². The van der Waals surface area contributed by atoms with Crippen molar-refractivity contribution in [3.63, 3.8) is 0 Å². The van der Waals surface area contributed by atoms with Crippen LogP contribution in [0.25, 0.3) is 0 Å². The van der Waals surface area contributed by atoms with Crippen molar-refractivity contribution < 1.29 is 36.2 Å². The molecule has 3 nitrogen and oxygen atoms in total. The Morgan fingerprint density at radius 1 is 0.737 bits per heavy atom. The van der Waals surface area contributed by atoms with Crippen LogP contribution in [0, 0.1) is 41.1 Å². The Hall–Kier alpha value is -2.19. The molecule has 1 heterocycles. The van der Waals surface area contributed by atoms with E-state index in [4.69, 9.17) is 14.2 Å². The third-order valence-corrected chi connectivity index (χ3v) is 8.63. The van der Waals surface area contributed by atoms with E-state index in [9.17, 15) is 17.6 Å². The van der Waals surface area contributed by atoms with Crippen LogP contribution in [0.2, 0.25) is 0 Å². The molecule has 38 heavy (non-hydrogen) atoms. The van der Waals surface area contributed by atoms with Crippen molar-refractivity contribution in [3.8, 4) is 5.75 Å². The number of ether oxygens (including phenoxy) is 3. The molecule has 1 saturated heterocycles. The van der Waals surface area contributed by atoms with Crippen LogP contribution in [0.3, 0.4) is 0 Å². The molecule has 2 aromatic carbocycles. The first-order valence-electron chi connectivity index (χ1n) is 13.7. The largest absolute Gasteiger partial charge is 0.432 e. The Morgan fingerprint density at radius 3 is 1.97 bits per heavy atom. The molecule has 0 atom stereocenters. The van der Waals surface area contributed by atoms with E-state index in [0.29, 0.717) is 68.3 Å². The normalized spacial score (nSPS) is 30.7. The Balaban J connectivity index is 1.11. The van der Waals surface area contributed by atoms with Crippen LogP contribution >= 0.6 is 0 Å². The fraction of sp³-hybridized carbons (Fsp3) is 0.600. The van der Waals surface area contributed by atoms with Gasteiger partial charge in [-0.25, -0.2) is 13.2 Å². The fourth-order valence-corrected chi connectivity index (χ4v) is 6.42. The minimum Gasteiger partial charge on any atom is -0.432 e. The van der Waals surface area contributed by atoms with Crippen molar-refractivity contribution >= 4 is 0 Å². The lowest BCUT2D eigenvalue weighted by Gasteiger charge is -2.39. The topological polar surface area (TPSA) is 27.7 Å². The zero-order valence-electron chi connectivity index (χ0n) is 21.6. The lowest BCUT2D eigenvalue weighted by Crippen LogP contribution is -2.38. The maximum atomic E-state index is 15.0. The molecule has 0 radical (unpaired) electrons. The second-order valence-electron chi connectivity index (χ2n) is 11.3. The third kappa shape index (κ3) is 6.17. The van der Waals surface area contributed by atoms with E-state index in [1.54, 1.807) is 0 Å². The van der Waals surface area contributed by atoms with E-state index in [-0.39, 0.29) is 17.5 Å². The first-order chi connectivity index (χ1) is 18.2. The van der Waals surface area contributed by atoms with Crippen molar-refractivity contribution in [1.29, 1.82) is 0 Å². The molecule has 2 saturated carbocycles. The molecule has 5 rings (SSSR count). The van der Waals surface area contributed by atoms with E-state index >= 15 is 4.39 Å². The average Bonchev–Trinajstić information content (AvgIpc) is 2.91. The van der Waals surface area contributed by atoms with Crippen molar-refractivity contribution in [2.75, 3.05) is 13.2 Å². The van der Waals surface area contributed by atoms with Gasteiger partial charge in [0.2, 0.25) is 0 Å². The minimum atomic E-state index is -3.44. The maximum Gasteiger partial charge on any atom is 0.400 e. The predicted octanol–water partition coefficient (Wildman–Crippen LogP) is 8.54. The number of halogens is 5. The molecule has 0 N–H and O–H groups in total. The Kier molecular flexibility index (Phi) is 8.29. The Morgan fingerprint density at radius 2 is 1.37 bits per heavy atom. The molecule has 0 bridgehead atoms. The maximum absolute atomic E-state index is 15.0. The van der Waals surface area contributed by atoms with Gasteiger partial charge in [-0.05, 0) is 92.9 Å². The lowest BCUT2D eigenvalue weighted by molar-refractivity contribution is -0.224. The fourth-order valence-electron chi connectivity index (χ4n) is 6.42. The molecule has 0 aromatic heterocycles. The molecule has 0 unspecified atom stereocenters. The molecule has 2 aromatic rings. The van der Waals surface area contributed by atoms with Gasteiger partial charge in [-0.3, -0.25) is 0 Å². The zero-order chi connectivity index (χ0) is 26.9. The van der Waals surface area contributed by atoms with Gasteiger partial charge in [0.1, 0.15) is 11.6 Å². The van der Waals surface area contributed by atoms with E-state index in [2.05, 4.69) is 0 Å². The summed E-state index contributed by atoms with van der Waals surface area (Å²) < 4.78 is 87.2. The molecular formula is C30H35F5O3. The highest BCUT2D eigenvalue weighted by Gasteiger charge is 2.45. The van der Waals surface area contributed by atoms with Gasteiger partial charge in [-0.1, -0.05) is 19.1 Å². The molecule has 1 aliphatic heterocycles. The number of benzene rings is 2. The smallest absolute Gasteiger partial charge is 0.400 e. The molecule has 3 aliphatic rings. The van der Waals surface area contributed by atoms with Crippen molar-refractivity contribution in [2.24, 2.45) is 23.7 Å². The van der Waals surface area contributed by atoms with Gasteiger partial charge in [-0.15, -0.1) is 0 Å². The zero-order valence-corrected chi connectivity index (χ0v) is 21.6. The van der Waals surface area contributed by atoms with Gasteiger partial charge in [0.15, 0.2) is 17.9 Å². The quantitative estimate of drug-likeness (QED) is 0.345. The second kappa shape index (κ2) is 11.5. The van der Waals surface area contributed by atoms with Crippen LogP contribution in [0.1, 0.15) is 81.6 Å². The SMILES string of the molecule is CC1COC(c2ccc(C3CCC(C4CCC(C(F)(F)Oc5ccc(F)c(F)c5)CC4)CC3)c(F)c2)OC1. The summed E-state index contributed by atoms with van der Waals surface area (Å²) in [6.07, 6.45) is 1.71. The van der Waals surface area contributed by atoms with E-state index in [1.165, 1.54) is 6.07 Å².